The van der Waals surface area contributed by atoms with Crippen LogP contribution in [-0.2, 0) is 4.79 Å². The third-order valence-corrected chi connectivity index (χ3v) is 3.17. The maximum atomic E-state index is 11.5. The molecule has 1 heterocycles. The summed E-state index contributed by atoms with van der Waals surface area (Å²) in [5.41, 5.74) is 5.37. The van der Waals surface area contributed by atoms with E-state index >= 15 is 0 Å². The van der Waals surface area contributed by atoms with Gasteiger partial charge in [-0.05, 0) is 19.4 Å². The van der Waals surface area contributed by atoms with Crippen molar-refractivity contribution in [2.45, 2.75) is 25.7 Å². The number of hydrogen-bond acceptors (Lipinski definition) is 3. The first kappa shape index (κ1) is 10.9. The maximum Gasteiger partial charge on any atom is 0.223 e. The molecule has 0 saturated carbocycles. The summed E-state index contributed by atoms with van der Waals surface area (Å²) in [6.07, 6.45) is 3.84. The number of unbranched alkanes of at least 4 members (excludes halogenated alkanes) is 2. The summed E-state index contributed by atoms with van der Waals surface area (Å²) >= 11 is 1.84. The van der Waals surface area contributed by atoms with Gasteiger partial charge < -0.3 is 10.6 Å². The lowest BCUT2D eigenvalue weighted by Gasteiger charge is -2.13. The van der Waals surface area contributed by atoms with E-state index in [1.165, 1.54) is 0 Å². The van der Waals surface area contributed by atoms with Gasteiger partial charge in [-0.1, -0.05) is 6.42 Å². The van der Waals surface area contributed by atoms with Gasteiger partial charge in [0.2, 0.25) is 5.91 Å². The Balaban J connectivity index is 2.03. The normalized spacial score (nSPS) is 16.5. The molecule has 4 heteroatoms. The predicted molar refractivity (Wildman–Crippen MR) is 56.6 cm³/mol. The smallest absolute Gasteiger partial charge is 0.223 e. The minimum atomic E-state index is 0.321. The van der Waals surface area contributed by atoms with E-state index in [1.54, 1.807) is 0 Å². The van der Waals surface area contributed by atoms with E-state index in [4.69, 9.17) is 5.73 Å². The van der Waals surface area contributed by atoms with Crippen LogP contribution in [0.25, 0.3) is 0 Å². The number of amides is 1. The molecule has 0 bridgehead atoms. The Morgan fingerprint density at radius 2 is 2.23 bits per heavy atom. The lowest BCUT2D eigenvalue weighted by atomic mass is 10.2. The topological polar surface area (TPSA) is 46.3 Å². The number of thioether (sulfide) groups is 1. The summed E-state index contributed by atoms with van der Waals surface area (Å²) in [4.78, 5) is 13.4. The summed E-state index contributed by atoms with van der Waals surface area (Å²) in [7, 11) is 0. The maximum absolute atomic E-state index is 11.5. The molecule has 0 spiro atoms. The molecule has 1 aliphatic heterocycles. The number of carbonyl (C=O) groups excluding carboxylic acids is 1. The van der Waals surface area contributed by atoms with E-state index in [0.717, 1.165) is 44.0 Å². The third-order valence-electron chi connectivity index (χ3n) is 2.20. The van der Waals surface area contributed by atoms with Crippen molar-refractivity contribution in [2.24, 2.45) is 5.73 Å². The highest BCUT2D eigenvalue weighted by atomic mass is 32.2. The van der Waals surface area contributed by atoms with Gasteiger partial charge in [0, 0.05) is 18.7 Å². The molecular weight excluding hydrogens is 184 g/mol. The molecule has 0 aromatic heterocycles. The first-order valence-electron chi connectivity index (χ1n) is 4.90. The van der Waals surface area contributed by atoms with E-state index < -0.39 is 0 Å². The van der Waals surface area contributed by atoms with Gasteiger partial charge >= 0.3 is 0 Å². The summed E-state index contributed by atoms with van der Waals surface area (Å²) in [6.45, 7) is 1.69. The minimum Gasteiger partial charge on any atom is -0.333 e. The van der Waals surface area contributed by atoms with E-state index in [2.05, 4.69) is 0 Å². The molecule has 1 saturated heterocycles. The molecule has 2 N–H and O–H groups in total. The molecule has 76 valence electrons. The Morgan fingerprint density at radius 3 is 2.85 bits per heavy atom. The van der Waals surface area contributed by atoms with Crippen LogP contribution < -0.4 is 5.73 Å². The van der Waals surface area contributed by atoms with Crippen LogP contribution in [0.1, 0.15) is 25.7 Å². The lowest BCUT2D eigenvalue weighted by Crippen LogP contribution is -2.27. The Hall–Kier alpha value is -0.220. The van der Waals surface area contributed by atoms with Crippen LogP contribution in [0.3, 0.4) is 0 Å². The van der Waals surface area contributed by atoms with Crippen molar-refractivity contribution in [1.29, 1.82) is 0 Å². The summed E-state index contributed by atoms with van der Waals surface area (Å²) in [6, 6.07) is 0. The standard InChI is InChI=1S/C9H18N2OS/c10-5-3-1-2-4-9(12)11-6-7-13-8-11/h1-8,10H2. The Labute approximate surface area is 84.0 Å². The van der Waals surface area contributed by atoms with E-state index in [-0.39, 0.29) is 0 Å². The molecule has 13 heavy (non-hydrogen) atoms. The van der Waals surface area contributed by atoms with Crippen LogP contribution in [-0.4, -0.2) is 35.5 Å². The fourth-order valence-electron chi connectivity index (χ4n) is 1.37. The number of hydrogen-bond donors (Lipinski definition) is 1. The quantitative estimate of drug-likeness (QED) is 0.678. The Morgan fingerprint density at radius 1 is 1.38 bits per heavy atom. The fraction of sp³-hybridized carbons (Fsp3) is 0.889. The second-order valence-electron chi connectivity index (χ2n) is 3.29. The third kappa shape index (κ3) is 4.00. The van der Waals surface area contributed by atoms with E-state index in [1.807, 2.05) is 16.7 Å². The zero-order valence-corrected chi connectivity index (χ0v) is 8.81. The highest BCUT2D eigenvalue weighted by Gasteiger charge is 2.16. The van der Waals surface area contributed by atoms with Crippen LogP contribution in [0.4, 0.5) is 0 Å². The second kappa shape index (κ2) is 6.27. The molecule has 0 radical (unpaired) electrons. The van der Waals surface area contributed by atoms with E-state index in [0.29, 0.717) is 12.3 Å². The first-order valence-corrected chi connectivity index (χ1v) is 6.05. The lowest BCUT2D eigenvalue weighted by molar-refractivity contribution is -0.129. The monoisotopic (exact) mass is 202 g/mol. The second-order valence-corrected chi connectivity index (χ2v) is 4.37. The molecule has 1 amide bonds. The summed E-state index contributed by atoms with van der Waals surface area (Å²) in [5, 5.41) is 0. The molecule has 0 atom stereocenters. The Bertz CT molecular complexity index is 158. The highest BCUT2D eigenvalue weighted by Crippen LogP contribution is 2.15. The van der Waals surface area contributed by atoms with Crippen LogP contribution in [0.2, 0.25) is 0 Å². The first-order chi connectivity index (χ1) is 6.34. The number of nitrogens with zero attached hydrogens (tertiary/aromatic N) is 1. The van der Waals surface area contributed by atoms with Gasteiger partial charge in [-0.25, -0.2) is 0 Å². The van der Waals surface area contributed by atoms with Crippen molar-refractivity contribution in [1.82, 2.24) is 4.90 Å². The number of rotatable bonds is 5. The van der Waals surface area contributed by atoms with Gasteiger partial charge in [0.05, 0.1) is 5.88 Å². The van der Waals surface area contributed by atoms with Crippen LogP contribution in [0.5, 0.6) is 0 Å². The molecule has 1 aliphatic rings. The SMILES string of the molecule is NCCCCCC(=O)N1CCSC1. The summed E-state index contributed by atoms with van der Waals surface area (Å²) < 4.78 is 0. The van der Waals surface area contributed by atoms with Gasteiger partial charge in [-0.15, -0.1) is 11.8 Å². The van der Waals surface area contributed by atoms with Gasteiger partial charge in [-0.2, -0.15) is 0 Å². The Kier molecular flexibility index (Phi) is 5.23. The van der Waals surface area contributed by atoms with Gasteiger partial charge in [-0.3, -0.25) is 4.79 Å². The molecule has 1 fully saturated rings. The van der Waals surface area contributed by atoms with E-state index in [9.17, 15) is 4.79 Å². The molecule has 3 nitrogen and oxygen atoms in total. The molecule has 0 unspecified atom stereocenters. The van der Waals surface area contributed by atoms with Crippen molar-refractivity contribution in [3.63, 3.8) is 0 Å². The largest absolute Gasteiger partial charge is 0.333 e. The van der Waals surface area contributed by atoms with Crippen molar-refractivity contribution in [2.75, 3.05) is 24.7 Å². The number of nitrogens with two attached hydrogens (primary N) is 1. The van der Waals surface area contributed by atoms with Gasteiger partial charge in [0.1, 0.15) is 0 Å². The summed E-state index contributed by atoms with van der Waals surface area (Å²) in [5.74, 6) is 2.33. The number of carbonyl (C=O) groups is 1. The predicted octanol–water partition coefficient (Wildman–Crippen LogP) is 1.04. The van der Waals surface area contributed by atoms with Crippen LogP contribution in [0.15, 0.2) is 0 Å². The van der Waals surface area contributed by atoms with Crippen LogP contribution >= 0.6 is 11.8 Å². The minimum absolute atomic E-state index is 0.321. The molecule has 0 aromatic carbocycles. The molecular formula is C9H18N2OS. The molecule has 0 aromatic rings. The fourth-order valence-corrected chi connectivity index (χ4v) is 2.34. The van der Waals surface area contributed by atoms with Crippen molar-refractivity contribution >= 4 is 17.7 Å². The van der Waals surface area contributed by atoms with Crippen molar-refractivity contribution < 1.29 is 4.79 Å². The molecule has 1 rings (SSSR count). The van der Waals surface area contributed by atoms with Crippen molar-refractivity contribution in [3.8, 4) is 0 Å². The zero-order valence-electron chi connectivity index (χ0n) is 8.00. The highest BCUT2D eigenvalue weighted by molar-refractivity contribution is 7.99. The van der Waals surface area contributed by atoms with Gasteiger partial charge in [0.15, 0.2) is 0 Å². The van der Waals surface area contributed by atoms with Crippen molar-refractivity contribution in [3.05, 3.63) is 0 Å². The average molecular weight is 202 g/mol. The average Bonchev–Trinajstić information content (AvgIpc) is 2.65. The molecule has 0 aliphatic carbocycles. The van der Waals surface area contributed by atoms with Gasteiger partial charge in [0.25, 0.3) is 0 Å². The van der Waals surface area contributed by atoms with Crippen LogP contribution in [0, 0.1) is 0 Å². The zero-order chi connectivity index (χ0) is 9.52.